The molecule has 0 amide bonds. The maximum absolute atomic E-state index is 13.2. The van der Waals surface area contributed by atoms with Crippen molar-refractivity contribution in [3.8, 4) is 0 Å². The van der Waals surface area contributed by atoms with Gasteiger partial charge in [-0.1, -0.05) is 24.4 Å². The molecule has 1 aliphatic heterocycles. The van der Waals surface area contributed by atoms with Gasteiger partial charge in [0.1, 0.15) is 23.8 Å². The van der Waals surface area contributed by atoms with Crippen LogP contribution in [-0.4, -0.2) is 23.1 Å². The molecule has 2 heterocycles. The summed E-state index contributed by atoms with van der Waals surface area (Å²) in [5.74, 6) is 1.17. The van der Waals surface area contributed by atoms with Gasteiger partial charge in [-0.3, -0.25) is 0 Å². The first-order valence-electron chi connectivity index (χ1n) is 7.51. The summed E-state index contributed by atoms with van der Waals surface area (Å²) in [5, 5.41) is 3.23. The van der Waals surface area contributed by atoms with Crippen molar-refractivity contribution < 1.29 is 4.39 Å². The van der Waals surface area contributed by atoms with Crippen LogP contribution in [0.15, 0.2) is 30.6 Å². The quantitative estimate of drug-likeness (QED) is 0.910. The number of rotatable bonds is 3. The molecule has 0 radical (unpaired) electrons. The number of anilines is 3. The van der Waals surface area contributed by atoms with Crippen molar-refractivity contribution in [2.24, 2.45) is 0 Å². The van der Waals surface area contributed by atoms with Gasteiger partial charge >= 0.3 is 0 Å². The minimum atomic E-state index is -0.430. The fourth-order valence-electron chi connectivity index (χ4n) is 2.61. The predicted octanol–water partition coefficient (Wildman–Crippen LogP) is 4.39. The fourth-order valence-corrected chi connectivity index (χ4v) is 2.79. The smallest absolute Gasteiger partial charge is 0.141 e. The summed E-state index contributed by atoms with van der Waals surface area (Å²) in [6, 6.07) is 6.43. The van der Waals surface area contributed by atoms with Gasteiger partial charge in [0, 0.05) is 24.8 Å². The second-order valence-electron chi connectivity index (χ2n) is 5.42. The van der Waals surface area contributed by atoms with E-state index >= 15 is 0 Å². The highest BCUT2D eigenvalue weighted by molar-refractivity contribution is 6.31. The molecular weight excluding hydrogens is 303 g/mol. The molecule has 1 saturated heterocycles. The lowest BCUT2D eigenvalue weighted by atomic mass is 10.2. The normalized spacial score (nSPS) is 15.5. The largest absolute Gasteiger partial charge is 0.356 e. The van der Waals surface area contributed by atoms with E-state index in [2.05, 4.69) is 20.2 Å². The minimum absolute atomic E-state index is 0.0896. The Hall–Kier alpha value is -1.88. The molecule has 0 unspecified atom stereocenters. The Morgan fingerprint density at radius 1 is 1.05 bits per heavy atom. The van der Waals surface area contributed by atoms with Gasteiger partial charge in [0.15, 0.2) is 0 Å². The first-order valence-corrected chi connectivity index (χ1v) is 7.89. The van der Waals surface area contributed by atoms with Crippen LogP contribution in [0.1, 0.15) is 25.7 Å². The molecule has 0 saturated carbocycles. The molecule has 3 rings (SSSR count). The highest BCUT2D eigenvalue weighted by Gasteiger charge is 2.12. The number of benzene rings is 1. The zero-order valence-electron chi connectivity index (χ0n) is 12.2. The van der Waals surface area contributed by atoms with Crippen LogP contribution in [0.2, 0.25) is 5.02 Å². The molecule has 1 aromatic carbocycles. The molecule has 4 nitrogen and oxygen atoms in total. The van der Waals surface area contributed by atoms with Crippen molar-refractivity contribution in [1.29, 1.82) is 0 Å². The molecule has 1 aromatic heterocycles. The van der Waals surface area contributed by atoms with Crippen molar-refractivity contribution in [2.75, 3.05) is 23.3 Å². The monoisotopic (exact) mass is 320 g/mol. The molecule has 1 fully saturated rings. The molecule has 22 heavy (non-hydrogen) atoms. The number of halogens is 2. The molecule has 6 heteroatoms. The third-order valence-corrected chi connectivity index (χ3v) is 4.06. The fraction of sp³-hybridized carbons (Fsp3) is 0.375. The number of nitrogens with zero attached hydrogens (tertiary/aromatic N) is 3. The second-order valence-corrected chi connectivity index (χ2v) is 5.82. The van der Waals surface area contributed by atoms with Crippen LogP contribution in [0.25, 0.3) is 0 Å². The molecule has 116 valence electrons. The average Bonchev–Trinajstić information content (AvgIpc) is 2.80. The number of aromatic nitrogens is 2. The maximum atomic E-state index is 13.2. The summed E-state index contributed by atoms with van der Waals surface area (Å²) in [6.07, 6.45) is 6.50. The molecule has 2 aromatic rings. The summed E-state index contributed by atoms with van der Waals surface area (Å²) in [6.45, 7) is 2.05. The molecular formula is C16H18ClFN4. The lowest BCUT2D eigenvalue weighted by Crippen LogP contribution is -2.25. The number of hydrogen-bond acceptors (Lipinski definition) is 4. The van der Waals surface area contributed by atoms with E-state index in [9.17, 15) is 4.39 Å². The van der Waals surface area contributed by atoms with Gasteiger partial charge in [-0.25, -0.2) is 14.4 Å². The van der Waals surface area contributed by atoms with Gasteiger partial charge in [-0.2, -0.15) is 0 Å². The van der Waals surface area contributed by atoms with Gasteiger partial charge in [0.25, 0.3) is 0 Å². The summed E-state index contributed by atoms with van der Waals surface area (Å²) >= 11 is 5.80. The predicted molar refractivity (Wildman–Crippen MR) is 87.4 cm³/mol. The Morgan fingerprint density at radius 2 is 1.82 bits per heavy atom. The minimum Gasteiger partial charge on any atom is -0.356 e. The van der Waals surface area contributed by atoms with E-state index in [0.29, 0.717) is 11.5 Å². The van der Waals surface area contributed by atoms with Crippen molar-refractivity contribution in [3.63, 3.8) is 0 Å². The Labute approximate surface area is 134 Å². The van der Waals surface area contributed by atoms with E-state index in [1.54, 1.807) is 18.5 Å². The lowest BCUT2D eigenvalue weighted by molar-refractivity contribution is 0.628. The number of nitrogens with one attached hydrogen (secondary N) is 1. The van der Waals surface area contributed by atoms with E-state index in [4.69, 9.17) is 11.6 Å². The zero-order valence-corrected chi connectivity index (χ0v) is 13.0. The second kappa shape index (κ2) is 6.92. The third-order valence-electron chi connectivity index (χ3n) is 3.77. The van der Waals surface area contributed by atoms with E-state index in [-0.39, 0.29) is 5.02 Å². The van der Waals surface area contributed by atoms with Crippen LogP contribution in [0, 0.1) is 5.82 Å². The summed E-state index contributed by atoms with van der Waals surface area (Å²) < 4.78 is 13.2. The third kappa shape index (κ3) is 3.65. The summed E-state index contributed by atoms with van der Waals surface area (Å²) in [4.78, 5) is 10.9. The first kappa shape index (κ1) is 15.0. The summed E-state index contributed by atoms with van der Waals surface area (Å²) in [5.41, 5.74) is 0.701. The highest BCUT2D eigenvalue weighted by atomic mass is 35.5. The van der Waals surface area contributed by atoms with E-state index in [0.717, 1.165) is 18.9 Å². The van der Waals surface area contributed by atoms with Gasteiger partial charge in [0.05, 0.1) is 5.02 Å². The average molecular weight is 321 g/mol. The van der Waals surface area contributed by atoms with E-state index in [1.807, 2.05) is 6.07 Å². The Bertz CT molecular complexity index is 642. The van der Waals surface area contributed by atoms with Crippen molar-refractivity contribution in [2.45, 2.75) is 25.7 Å². The zero-order chi connectivity index (χ0) is 15.4. The highest BCUT2D eigenvalue weighted by Crippen LogP contribution is 2.24. The molecule has 0 atom stereocenters. The lowest BCUT2D eigenvalue weighted by Gasteiger charge is -2.21. The topological polar surface area (TPSA) is 41.0 Å². The molecule has 0 spiro atoms. The summed E-state index contributed by atoms with van der Waals surface area (Å²) in [7, 11) is 0. The van der Waals surface area contributed by atoms with Crippen molar-refractivity contribution >= 4 is 28.9 Å². The number of hydrogen-bond donors (Lipinski definition) is 1. The van der Waals surface area contributed by atoms with Crippen LogP contribution >= 0.6 is 11.6 Å². The van der Waals surface area contributed by atoms with Gasteiger partial charge in [-0.05, 0) is 31.0 Å². The van der Waals surface area contributed by atoms with Gasteiger partial charge in [0.2, 0.25) is 0 Å². The standard InChI is InChI=1S/C16H18ClFN4/c17-13-9-12(5-6-14(13)18)21-15-10-16(20-11-19-15)22-7-3-1-2-4-8-22/h5-6,9-11H,1-4,7-8H2,(H,19,20,21). The molecule has 0 aliphatic carbocycles. The van der Waals surface area contributed by atoms with Crippen molar-refractivity contribution in [3.05, 3.63) is 41.4 Å². The van der Waals surface area contributed by atoms with E-state index in [1.165, 1.54) is 31.7 Å². The van der Waals surface area contributed by atoms with Gasteiger partial charge in [-0.15, -0.1) is 0 Å². The SMILES string of the molecule is Fc1ccc(Nc2cc(N3CCCCCC3)ncn2)cc1Cl. The van der Waals surface area contributed by atoms with Gasteiger partial charge < -0.3 is 10.2 Å². The first-order chi connectivity index (χ1) is 10.7. The Balaban J connectivity index is 1.76. The molecule has 1 aliphatic rings. The van der Waals surface area contributed by atoms with Crippen LogP contribution in [0.4, 0.5) is 21.7 Å². The van der Waals surface area contributed by atoms with E-state index < -0.39 is 5.82 Å². The molecule has 0 bridgehead atoms. The van der Waals surface area contributed by atoms with Crippen LogP contribution in [-0.2, 0) is 0 Å². The van der Waals surface area contributed by atoms with Crippen molar-refractivity contribution in [1.82, 2.24) is 9.97 Å². The Morgan fingerprint density at radius 3 is 2.55 bits per heavy atom. The Kier molecular flexibility index (Phi) is 4.73. The molecule has 1 N–H and O–H groups in total. The van der Waals surface area contributed by atoms with Crippen LogP contribution < -0.4 is 10.2 Å². The van der Waals surface area contributed by atoms with Crippen LogP contribution in [0.5, 0.6) is 0 Å². The van der Waals surface area contributed by atoms with Crippen LogP contribution in [0.3, 0.4) is 0 Å². The maximum Gasteiger partial charge on any atom is 0.141 e.